The average Bonchev–Trinajstić information content (AvgIpc) is 2.51. The molecule has 0 aromatic carbocycles. The Morgan fingerprint density at radius 1 is 1.42 bits per heavy atom. The van der Waals surface area contributed by atoms with Crippen molar-refractivity contribution in [3.8, 4) is 0 Å². The van der Waals surface area contributed by atoms with Crippen molar-refractivity contribution in [3.63, 3.8) is 0 Å². The van der Waals surface area contributed by atoms with Crippen molar-refractivity contribution in [2.24, 2.45) is 0 Å². The number of carbonyl (C=O) groups excluding carboxylic acids is 2. The van der Waals surface area contributed by atoms with E-state index < -0.39 is 11.7 Å². The molecule has 2 heterocycles. The first kappa shape index (κ1) is 18.5. The van der Waals surface area contributed by atoms with Crippen LogP contribution < -0.4 is 5.32 Å². The third-order valence-electron chi connectivity index (χ3n) is 3.76. The van der Waals surface area contributed by atoms with Crippen LogP contribution in [0.2, 0.25) is 5.15 Å². The van der Waals surface area contributed by atoms with Crippen molar-refractivity contribution in [2.45, 2.75) is 51.7 Å². The van der Waals surface area contributed by atoms with Crippen LogP contribution in [-0.2, 0) is 4.74 Å². The minimum Gasteiger partial charge on any atom is -0.444 e. The van der Waals surface area contributed by atoms with Crippen LogP contribution in [0.5, 0.6) is 0 Å². The van der Waals surface area contributed by atoms with Gasteiger partial charge in [-0.1, -0.05) is 11.6 Å². The van der Waals surface area contributed by atoms with Gasteiger partial charge < -0.3 is 15.0 Å². The van der Waals surface area contributed by atoms with Gasteiger partial charge in [0, 0.05) is 25.3 Å². The van der Waals surface area contributed by atoms with E-state index in [1.807, 2.05) is 20.8 Å². The maximum atomic E-state index is 12.8. The Morgan fingerprint density at radius 3 is 2.83 bits per heavy atom. The number of carbonyl (C=O) groups is 2. The molecule has 2 rings (SSSR count). The SMILES string of the molecule is CC(C)(C)OC(=O)NC[C@@H]1CCCCN1C(=O)c1cccnc1Cl. The summed E-state index contributed by atoms with van der Waals surface area (Å²) in [6.45, 7) is 6.44. The van der Waals surface area contributed by atoms with E-state index in [0.29, 0.717) is 18.7 Å². The van der Waals surface area contributed by atoms with Gasteiger partial charge in [-0.15, -0.1) is 0 Å². The van der Waals surface area contributed by atoms with Crippen LogP contribution >= 0.6 is 11.6 Å². The highest BCUT2D eigenvalue weighted by atomic mass is 35.5. The number of nitrogens with one attached hydrogen (secondary N) is 1. The molecule has 1 saturated heterocycles. The van der Waals surface area contributed by atoms with Crippen LogP contribution in [0.3, 0.4) is 0 Å². The van der Waals surface area contributed by atoms with Gasteiger partial charge in [-0.2, -0.15) is 0 Å². The van der Waals surface area contributed by atoms with Crippen LogP contribution in [0.1, 0.15) is 50.4 Å². The van der Waals surface area contributed by atoms with E-state index in [1.165, 1.54) is 0 Å². The monoisotopic (exact) mass is 353 g/mol. The lowest BCUT2D eigenvalue weighted by atomic mass is 10.0. The second kappa shape index (κ2) is 7.83. The van der Waals surface area contributed by atoms with Crippen molar-refractivity contribution < 1.29 is 14.3 Å². The molecule has 0 radical (unpaired) electrons. The van der Waals surface area contributed by atoms with E-state index in [4.69, 9.17) is 16.3 Å². The smallest absolute Gasteiger partial charge is 0.407 e. The Bertz CT molecular complexity index is 601. The molecule has 0 unspecified atom stereocenters. The first-order valence-electron chi connectivity index (χ1n) is 8.16. The molecule has 0 aliphatic carbocycles. The second-order valence-electron chi connectivity index (χ2n) is 6.87. The Labute approximate surface area is 147 Å². The van der Waals surface area contributed by atoms with Gasteiger partial charge in [0.2, 0.25) is 0 Å². The van der Waals surface area contributed by atoms with Crippen molar-refractivity contribution in [1.29, 1.82) is 0 Å². The molecule has 1 N–H and O–H groups in total. The first-order valence-corrected chi connectivity index (χ1v) is 8.54. The van der Waals surface area contributed by atoms with E-state index in [2.05, 4.69) is 10.3 Å². The minimum absolute atomic E-state index is 0.0740. The number of aromatic nitrogens is 1. The van der Waals surface area contributed by atoms with Crippen molar-refractivity contribution in [2.75, 3.05) is 13.1 Å². The Kier molecular flexibility index (Phi) is 6.04. The lowest BCUT2D eigenvalue weighted by Gasteiger charge is -2.36. The van der Waals surface area contributed by atoms with Gasteiger partial charge in [0.1, 0.15) is 10.8 Å². The van der Waals surface area contributed by atoms with Crippen LogP contribution in [0.15, 0.2) is 18.3 Å². The summed E-state index contributed by atoms with van der Waals surface area (Å²) in [5, 5.41) is 2.96. The number of piperidine rings is 1. The number of halogens is 1. The number of alkyl carbamates (subject to hydrolysis) is 1. The fourth-order valence-corrected chi connectivity index (χ4v) is 2.90. The van der Waals surface area contributed by atoms with Gasteiger partial charge in [0.05, 0.1) is 5.56 Å². The molecule has 6 nitrogen and oxygen atoms in total. The molecule has 0 saturated carbocycles. The zero-order valence-corrected chi connectivity index (χ0v) is 15.1. The molecule has 1 aromatic heterocycles. The van der Waals surface area contributed by atoms with Crippen LogP contribution in [0.4, 0.5) is 4.79 Å². The lowest BCUT2D eigenvalue weighted by molar-refractivity contribution is 0.0462. The summed E-state index contributed by atoms with van der Waals surface area (Å²) in [7, 11) is 0. The third-order valence-corrected chi connectivity index (χ3v) is 4.06. The molecule has 132 valence electrons. The lowest BCUT2D eigenvalue weighted by Crippen LogP contribution is -2.50. The summed E-state index contributed by atoms with van der Waals surface area (Å²) in [4.78, 5) is 30.3. The van der Waals surface area contributed by atoms with Gasteiger partial charge in [-0.3, -0.25) is 4.79 Å². The molecule has 24 heavy (non-hydrogen) atoms. The van der Waals surface area contributed by atoms with Gasteiger partial charge in [-0.05, 0) is 52.2 Å². The highest BCUT2D eigenvalue weighted by Crippen LogP contribution is 2.22. The first-order chi connectivity index (χ1) is 11.3. The van der Waals surface area contributed by atoms with Crippen molar-refractivity contribution >= 4 is 23.6 Å². The van der Waals surface area contributed by atoms with Gasteiger partial charge in [0.25, 0.3) is 5.91 Å². The topological polar surface area (TPSA) is 71.5 Å². The third kappa shape index (κ3) is 5.09. The van der Waals surface area contributed by atoms with E-state index >= 15 is 0 Å². The molecule has 1 atom stereocenters. The molecule has 0 spiro atoms. The number of amides is 2. The van der Waals surface area contributed by atoms with Crippen LogP contribution in [-0.4, -0.2) is 46.6 Å². The van der Waals surface area contributed by atoms with E-state index in [0.717, 1.165) is 19.3 Å². The van der Waals surface area contributed by atoms with Crippen molar-refractivity contribution in [3.05, 3.63) is 29.0 Å². The highest BCUT2D eigenvalue weighted by molar-refractivity contribution is 6.32. The zero-order chi connectivity index (χ0) is 17.7. The molecule has 1 aliphatic rings. The number of hydrogen-bond donors (Lipinski definition) is 1. The Hall–Kier alpha value is -1.82. The standard InChI is InChI=1S/C17H24ClN3O3/c1-17(2,3)24-16(23)20-11-12-7-4-5-10-21(12)15(22)13-8-6-9-19-14(13)18/h6,8-9,12H,4-5,7,10-11H2,1-3H3,(H,20,23)/t12-/m0/s1. The summed E-state index contributed by atoms with van der Waals surface area (Å²) in [5.41, 5.74) is -0.154. The number of ether oxygens (including phenoxy) is 1. The number of pyridine rings is 1. The van der Waals surface area contributed by atoms with Crippen molar-refractivity contribution in [1.82, 2.24) is 15.2 Å². The molecular formula is C17H24ClN3O3. The fraction of sp³-hybridized carbons (Fsp3) is 0.588. The molecule has 7 heteroatoms. The molecule has 2 amide bonds. The normalized spacial score (nSPS) is 18.2. The molecule has 1 fully saturated rings. The largest absolute Gasteiger partial charge is 0.444 e. The maximum absolute atomic E-state index is 12.8. The molecule has 1 aromatic rings. The second-order valence-corrected chi connectivity index (χ2v) is 7.23. The number of nitrogens with zero attached hydrogens (tertiary/aromatic N) is 2. The Morgan fingerprint density at radius 2 is 2.17 bits per heavy atom. The number of hydrogen-bond acceptors (Lipinski definition) is 4. The van der Waals surface area contributed by atoms with E-state index in [9.17, 15) is 9.59 Å². The fourth-order valence-electron chi connectivity index (χ4n) is 2.70. The van der Waals surface area contributed by atoms with Gasteiger partial charge in [-0.25, -0.2) is 9.78 Å². The van der Waals surface area contributed by atoms with Gasteiger partial charge in [0.15, 0.2) is 0 Å². The average molecular weight is 354 g/mol. The molecule has 0 bridgehead atoms. The summed E-state index contributed by atoms with van der Waals surface area (Å²) >= 11 is 6.04. The summed E-state index contributed by atoms with van der Waals surface area (Å²) in [6, 6.07) is 3.29. The number of likely N-dealkylation sites (tertiary alicyclic amines) is 1. The minimum atomic E-state index is -0.546. The Balaban J connectivity index is 2.01. The number of rotatable bonds is 3. The molecular weight excluding hydrogens is 330 g/mol. The summed E-state index contributed by atoms with van der Waals surface area (Å²) in [5.74, 6) is -0.149. The van der Waals surface area contributed by atoms with Crippen LogP contribution in [0, 0.1) is 0 Å². The zero-order valence-electron chi connectivity index (χ0n) is 14.3. The summed E-state index contributed by atoms with van der Waals surface area (Å²) in [6.07, 6.45) is 3.87. The van der Waals surface area contributed by atoms with Gasteiger partial charge >= 0.3 is 6.09 Å². The predicted molar refractivity (Wildman–Crippen MR) is 92.2 cm³/mol. The quantitative estimate of drug-likeness (QED) is 0.847. The van der Waals surface area contributed by atoms with E-state index in [1.54, 1.807) is 23.2 Å². The predicted octanol–water partition coefficient (Wildman–Crippen LogP) is 3.25. The highest BCUT2D eigenvalue weighted by Gasteiger charge is 2.29. The van der Waals surface area contributed by atoms with E-state index in [-0.39, 0.29) is 17.1 Å². The van der Waals surface area contributed by atoms with Crippen LogP contribution in [0.25, 0.3) is 0 Å². The summed E-state index contributed by atoms with van der Waals surface area (Å²) < 4.78 is 5.24. The molecule has 1 aliphatic heterocycles. The maximum Gasteiger partial charge on any atom is 0.407 e.